The Morgan fingerprint density at radius 1 is 0.643 bits per heavy atom. The third-order valence-electron chi connectivity index (χ3n) is 10.4. The van der Waals surface area contributed by atoms with Crippen LogP contribution >= 0.6 is 7.26 Å². The van der Waals surface area contributed by atoms with E-state index in [1.54, 1.807) is 4.80 Å². The van der Waals surface area contributed by atoms with E-state index < -0.39 is 7.26 Å². The standard InChI is InChI=1S/C50H42N3OP.Os/c1-5-16-37-23-25-39(26-24-37)46-31-32-47(50-49(46)51-53(4)52-50)40-27-29-41(30-28-40)48(33-42-35-54-34-38(42)6-2)36(3)55(43-17-10-7-11-18-43,44-19-12-8-13-20-44)45-21-14-9-15-22-45;/h5-33H,34-35H2,1-2,4H3;/q+1;/b16-5+,38-6?,42-33?,48-36?;. The Kier molecular flexibility index (Phi) is 11.2. The molecule has 0 unspecified atom stereocenters. The van der Waals surface area contributed by atoms with Crippen LogP contribution in [-0.2, 0) is 29.7 Å². The molecule has 1 aliphatic rings. The Labute approximate surface area is 340 Å². The first-order valence-corrected chi connectivity index (χ1v) is 21.9. The number of benzene rings is 6. The number of aromatic nitrogens is 3. The summed E-state index contributed by atoms with van der Waals surface area (Å²) in [6, 6.07) is 55.0. The molecule has 0 saturated carbocycles. The van der Waals surface area contributed by atoms with E-state index >= 15 is 0 Å². The van der Waals surface area contributed by atoms with E-state index in [4.69, 9.17) is 14.9 Å². The van der Waals surface area contributed by atoms with Crippen molar-refractivity contribution in [3.8, 4) is 26.6 Å². The molecule has 7 aromatic rings. The molecule has 0 spiro atoms. The van der Waals surface area contributed by atoms with Gasteiger partial charge in [-0.1, -0.05) is 36.4 Å². The zero-order valence-electron chi connectivity index (χ0n) is 31.7. The number of allylic oxidation sites excluding steroid dienone is 5. The molecule has 1 saturated heterocycles. The quantitative estimate of drug-likeness (QED) is 0.136. The summed E-state index contributed by atoms with van der Waals surface area (Å²) >= 11 is 1.81. The van der Waals surface area contributed by atoms with Crippen molar-refractivity contribution in [2.75, 3.05) is 13.2 Å². The predicted molar refractivity (Wildman–Crippen MR) is 233 cm³/mol. The fourth-order valence-electron chi connectivity index (χ4n) is 7.75. The van der Waals surface area contributed by atoms with Crippen LogP contribution in [0.4, 0.5) is 0 Å². The SMILES string of the molecule is CC=C1COCC1=CC(=C([C]#[Os])[P+](c1ccccc1)(c1ccccc1)c1ccccc1)c1ccc(-c2ccc(-c3ccc(/C=C/C)cc3)c3nn(C)nc23)cc1. The van der Waals surface area contributed by atoms with E-state index in [0.29, 0.717) is 13.2 Å². The van der Waals surface area contributed by atoms with Gasteiger partial charge in [-0.15, -0.1) is 0 Å². The average molecular weight is 922 g/mol. The summed E-state index contributed by atoms with van der Waals surface area (Å²) in [4.78, 5) is 1.68. The molecule has 56 heavy (non-hydrogen) atoms. The molecule has 275 valence electrons. The fraction of sp³-hybridized carbons (Fsp3) is 0.100. The van der Waals surface area contributed by atoms with E-state index in [0.717, 1.165) is 44.4 Å². The van der Waals surface area contributed by atoms with E-state index in [9.17, 15) is 0 Å². The Morgan fingerprint density at radius 2 is 1.12 bits per heavy atom. The van der Waals surface area contributed by atoms with Crippen LogP contribution in [0.3, 0.4) is 0 Å². The molecule has 0 amide bonds. The molecule has 1 aliphatic heterocycles. The average Bonchev–Trinajstić information content (AvgIpc) is 3.89. The monoisotopic (exact) mass is 923 g/mol. The van der Waals surface area contributed by atoms with Crippen molar-refractivity contribution in [2.24, 2.45) is 7.05 Å². The second-order valence-corrected chi connectivity index (χ2v) is 17.7. The maximum atomic E-state index is 6.04. The van der Waals surface area contributed by atoms with Gasteiger partial charge in [-0.3, -0.25) is 0 Å². The molecule has 0 aliphatic carbocycles. The normalized spacial score (nSPS) is 15.1. The molecule has 1 fully saturated rings. The second-order valence-electron chi connectivity index (χ2n) is 13.8. The third kappa shape index (κ3) is 7.06. The van der Waals surface area contributed by atoms with Crippen LogP contribution in [0.2, 0.25) is 0 Å². The van der Waals surface area contributed by atoms with Gasteiger partial charge in [0.05, 0.1) is 0 Å². The van der Waals surface area contributed by atoms with Gasteiger partial charge in [0.25, 0.3) is 0 Å². The molecular formula is C50H42N3OOsP+. The van der Waals surface area contributed by atoms with Gasteiger partial charge < -0.3 is 0 Å². The van der Waals surface area contributed by atoms with Crippen molar-refractivity contribution in [1.82, 2.24) is 15.0 Å². The van der Waals surface area contributed by atoms with Crippen LogP contribution in [-0.4, -0.2) is 28.2 Å². The summed E-state index contributed by atoms with van der Waals surface area (Å²) in [5, 5.41) is 14.8. The van der Waals surface area contributed by atoms with Crippen molar-refractivity contribution >= 4 is 45.9 Å². The molecule has 0 bridgehead atoms. The maximum absolute atomic E-state index is 6.04. The number of rotatable bonds is 9. The van der Waals surface area contributed by atoms with Crippen LogP contribution in [0.15, 0.2) is 186 Å². The van der Waals surface area contributed by atoms with Gasteiger partial charge in [-0.25, -0.2) is 0 Å². The van der Waals surface area contributed by atoms with Crippen molar-refractivity contribution in [1.29, 1.82) is 0 Å². The Hall–Kier alpha value is -5.51. The molecule has 1 aromatic heterocycles. The first-order valence-electron chi connectivity index (χ1n) is 18.8. The number of hydrogen-bond donors (Lipinski definition) is 0. The molecule has 6 aromatic carbocycles. The number of fused-ring (bicyclic) bond motifs is 1. The second kappa shape index (κ2) is 16.7. The number of ether oxygens (including phenoxy) is 1. The van der Waals surface area contributed by atoms with Gasteiger partial charge in [0.1, 0.15) is 0 Å². The van der Waals surface area contributed by atoms with Crippen molar-refractivity contribution in [3.05, 3.63) is 197 Å². The molecule has 8 rings (SSSR count). The minimum atomic E-state index is -2.47. The van der Waals surface area contributed by atoms with Crippen LogP contribution in [0.5, 0.6) is 0 Å². The van der Waals surface area contributed by atoms with Gasteiger partial charge in [0.2, 0.25) is 0 Å². The Morgan fingerprint density at radius 3 is 1.59 bits per heavy atom. The number of hydrogen-bond acceptors (Lipinski definition) is 3. The minimum absolute atomic E-state index is 0.572. The van der Waals surface area contributed by atoms with Crippen LogP contribution in [0.1, 0.15) is 25.0 Å². The summed E-state index contributed by atoms with van der Waals surface area (Å²) in [6.45, 7) is 5.33. The zero-order chi connectivity index (χ0) is 38.5. The summed E-state index contributed by atoms with van der Waals surface area (Å²) in [5.74, 6) is 0. The molecule has 6 heteroatoms. The molecule has 2 heterocycles. The summed E-state index contributed by atoms with van der Waals surface area (Å²) in [6.07, 6.45) is 8.72. The first-order chi connectivity index (χ1) is 27.5. The van der Waals surface area contributed by atoms with E-state index in [2.05, 4.69) is 187 Å². The van der Waals surface area contributed by atoms with Gasteiger partial charge in [-0.05, 0) is 12.5 Å². The van der Waals surface area contributed by atoms with Crippen molar-refractivity contribution in [3.63, 3.8) is 0 Å². The topological polar surface area (TPSA) is 39.9 Å². The number of aryl methyl sites for hydroxylation is 1. The van der Waals surface area contributed by atoms with Gasteiger partial charge in [0.15, 0.2) is 0 Å². The van der Waals surface area contributed by atoms with Crippen LogP contribution in [0.25, 0.3) is 44.9 Å². The number of nitrogens with zero attached hydrogens (tertiary/aromatic N) is 3. The van der Waals surface area contributed by atoms with E-state index in [1.807, 2.05) is 31.9 Å². The zero-order valence-corrected chi connectivity index (χ0v) is 35.1. The van der Waals surface area contributed by atoms with Crippen LogP contribution < -0.4 is 15.9 Å². The molecule has 0 N–H and O–H groups in total. The predicted octanol–water partition coefficient (Wildman–Crippen LogP) is 10.4. The third-order valence-corrected chi connectivity index (χ3v) is 15.8. The molecule has 0 atom stereocenters. The fourth-order valence-corrected chi connectivity index (χ4v) is 13.6. The van der Waals surface area contributed by atoms with Crippen LogP contribution in [0, 0.1) is 4.37 Å². The Bertz CT molecular complexity index is 2570. The van der Waals surface area contributed by atoms with Gasteiger partial charge in [0, 0.05) is 0 Å². The van der Waals surface area contributed by atoms with Crippen molar-refractivity contribution in [2.45, 2.75) is 13.8 Å². The van der Waals surface area contributed by atoms with Crippen molar-refractivity contribution < 1.29 is 22.7 Å². The molecule has 0 radical (unpaired) electrons. The molecule has 4 nitrogen and oxygen atoms in total. The Balaban J connectivity index is 1.34. The van der Waals surface area contributed by atoms with E-state index in [-0.39, 0.29) is 0 Å². The summed E-state index contributed by atoms with van der Waals surface area (Å²) in [7, 11) is -0.573. The first kappa shape index (κ1) is 37.4. The van der Waals surface area contributed by atoms with Gasteiger partial charge >= 0.3 is 293 Å². The van der Waals surface area contributed by atoms with Gasteiger partial charge in [-0.2, -0.15) is 0 Å². The summed E-state index contributed by atoms with van der Waals surface area (Å²) < 4.78 is 9.92. The molecular weight excluding hydrogens is 880 g/mol. The van der Waals surface area contributed by atoms with E-state index in [1.165, 1.54) is 37.9 Å². The summed E-state index contributed by atoms with van der Waals surface area (Å²) in [5.41, 5.74) is 12.0.